The van der Waals surface area contributed by atoms with Crippen molar-refractivity contribution >= 4 is 0 Å². The van der Waals surface area contributed by atoms with Crippen LogP contribution in [0.2, 0.25) is 0 Å². The Morgan fingerprint density at radius 1 is 0.395 bits per heavy atom. The third-order valence-corrected chi connectivity index (χ3v) is 8.94. The standard InChI is InChI=1S/C37H40N6/c1-35(2,28-16-10-7-11-17-28)31-22-25-41(38-31)34(42-26-23-32(39-42)36(3,4)29-18-12-8-13-19-29)43-27-24-33(40-43)37(5,6)30-20-14-9-15-21-30/h7-27,34H,1-6H3. The first-order valence-electron chi connectivity index (χ1n) is 14.9. The lowest BCUT2D eigenvalue weighted by molar-refractivity contribution is 0.276. The largest absolute Gasteiger partial charge is 0.238 e. The molecule has 6 heteroatoms. The van der Waals surface area contributed by atoms with Crippen molar-refractivity contribution in [2.75, 3.05) is 0 Å². The second kappa shape index (κ2) is 10.8. The summed E-state index contributed by atoms with van der Waals surface area (Å²) in [5.41, 5.74) is 5.79. The first kappa shape index (κ1) is 28.4. The Bertz CT molecular complexity index is 1580. The average Bonchev–Trinajstić information content (AvgIpc) is 3.82. The molecule has 0 saturated heterocycles. The van der Waals surface area contributed by atoms with Crippen molar-refractivity contribution in [1.29, 1.82) is 0 Å². The first-order chi connectivity index (χ1) is 20.6. The Labute approximate surface area is 254 Å². The van der Waals surface area contributed by atoms with Crippen molar-refractivity contribution in [2.24, 2.45) is 0 Å². The van der Waals surface area contributed by atoms with Gasteiger partial charge in [-0.3, -0.25) is 0 Å². The summed E-state index contributed by atoms with van der Waals surface area (Å²) >= 11 is 0. The van der Waals surface area contributed by atoms with Gasteiger partial charge in [-0.25, -0.2) is 14.0 Å². The van der Waals surface area contributed by atoms with Crippen molar-refractivity contribution in [3.8, 4) is 0 Å². The smallest absolute Gasteiger partial charge is 0.227 e. The van der Waals surface area contributed by atoms with Gasteiger partial charge < -0.3 is 0 Å². The van der Waals surface area contributed by atoms with Gasteiger partial charge in [0.2, 0.25) is 6.29 Å². The molecule has 0 aliphatic rings. The molecule has 218 valence electrons. The zero-order valence-electron chi connectivity index (χ0n) is 25.9. The van der Waals surface area contributed by atoms with Gasteiger partial charge in [0.25, 0.3) is 0 Å². The van der Waals surface area contributed by atoms with Crippen molar-refractivity contribution < 1.29 is 0 Å². The van der Waals surface area contributed by atoms with E-state index in [1.807, 2.05) is 50.8 Å². The van der Waals surface area contributed by atoms with E-state index in [1.54, 1.807) is 0 Å². The van der Waals surface area contributed by atoms with E-state index < -0.39 is 6.29 Å². The van der Waals surface area contributed by atoms with E-state index in [0.29, 0.717) is 0 Å². The fraction of sp³-hybridized carbons (Fsp3) is 0.270. The number of aromatic nitrogens is 6. The van der Waals surface area contributed by atoms with Gasteiger partial charge in [-0.2, -0.15) is 15.3 Å². The summed E-state index contributed by atoms with van der Waals surface area (Å²) < 4.78 is 5.91. The predicted molar refractivity (Wildman–Crippen MR) is 172 cm³/mol. The highest BCUT2D eigenvalue weighted by Gasteiger charge is 2.32. The molecule has 3 aromatic heterocycles. The van der Waals surface area contributed by atoms with Crippen LogP contribution in [0, 0.1) is 0 Å². The molecule has 6 rings (SSSR count). The van der Waals surface area contributed by atoms with Crippen LogP contribution in [0.1, 0.15) is 81.6 Å². The molecule has 0 saturated carbocycles. The van der Waals surface area contributed by atoms with E-state index in [2.05, 4.69) is 133 Å². The molecule has 6 nitrogen and oxygen atoms in total. The van der Waals surface area contributed by atoms with Gasteiger partial charge in [0.05, 0.1) is 17.1 Å². The van der Waals surface area contributed by atoms with E-state index >= 15 is 0 Å². The Morgan fingerprint density at radius 2 is 0.651 bits per heavy atom. The number of nitrogens with zero attached hydrogens (tertiary/aromatic N) is 6. The zero-order valence-corrected chi connectivity index (χ0v) is 25.9. The topological polar surface area (TPSA) is 53.5 Å². The molecule has 43 heavy (non-hydrogen) atoms. The van der Waals surface area contributed by atoms with Gasteiger partial charge in [-0.15, -0.1) is 0 Å². The van der Waals surface area contributed by atoms with Crippen LogP contribution < -0.4 is 0 Å². The normalized spacial score (nSPS) is 12.6. The lowest BCUT2D eigenvalue weighted by Crippen LogP contribution is -2.30. The van der Waals surface area contributed by atoms with Crippen LogP contribution in [0.3, 0.4) is 0 Å². The highest BCUT2D eigenvalue weighted by Crippen LogP contribution is 2.34. The molecular weight excluding hydrogens is 528 g/mol. The molecule has 3 aromatic carbocycles. The number of hydrogen-bond donors (Lipinski definition) is 0. The van der Waals surface area contributed by atoms with Crippen molar-refractivity contribution in [2.45, 2.75) is 64.1 Å². The molecule has 6 aromatic rings. The van der Waals surface area contributed by atoms with Crippen LogP contribution in [0.5, 0.6) is 0 Å². The highest BCUT2D eigenvalue weighted by atomic mass is 15.6. The quantitative estimate of drug-likeness (QED) is 0.179. The van der Waals surface area contributed by atoms with Crippen LogP contribution in [0.4, 0.5) is 0 Å². The number of rotatable bonds is 9. The molecule has 0 amide bonds. The second-order valence-electron chi connectivity index (χ2n) is 12.9. The molecule has 0 radical (unpaired) electrons. The molecule has 0 spiro atoms. The van der Waals surface area contributed by atoms with E-state index in [-0.39, 0.29) is 16.2 Å². The predicted octanol–water partition coefficient (Wildman–Crippen LogP) is 7.81. The molecule has 0 atom stereocenters. The fourth-order valence-electron chi connectivity index (χ4n) is 5.77. The minimum atomic E-state index is -0.430. The van der Waals surface area contributed by atoms with Crippen molar-refractivity contribution in [1.82, 2.24) is 29.3 Å². The number of benzene rings is 3. The van der Waals surface area contributed by atoms with Crippen LogP contribution in [-0.2, 0) is 16.2 Å². The van der Waals surface area contributed by atoms with Crippen LogP contribution in [0.25, 0.3) is 0 Å². The Kier molecular flexibility index (Phi) is 7.17. The average molecular weight is 569 g/mol. The number of hydrogen-bond acceptors (Lipinski definition) is 3. The lowest BCUT2D eigenvalue weighted by Gasteiger charge is -2.25. The molecule has 0 N–H and O–H groups in total. The van der Waals surface area contributed by atoms with Gasteiger partial charge in [-0.05, 0) is 34.9 Å². The van der Waals surface area contributed by atoms with Crippen LogP contribution in [-0.4, -0.2) is 29.3 Å². The van der Waals surface area contributed by atoms with Gasteiger partial charge in [0, 0.05) is 34.8 Å². The van der Waals surface area contributed by atoms with Gasteiger partial charge in [-0.1, -0.05) is 133 Å². The first-order valence-corrected chi connectivity index (χ1v) is 14.9. The van der Waals surface area contributed by atoms with Gasteiger partial charge in [0.1, 0.15) is 0 Å². The zero-order chi connectivity index (χ0) is 30.2. The molecule has 0 bridgehead atoms. The Morgan fingerprint density at radius 3 is 0.907 bits per heavy atom. The summed E-state index contributed by atoms with van der Waals surface area (Å²) in [6, 6.07) is 37.9. The highest BCUT2D eigenvalue weighted by molar-refractivity contribution is 5.35. The Balaban J connectivity index is 1.43. The maximum absolute atomic E-state index is 5.17. The van der Waals surface area contributed by atoms with Crippen molar-refractivity contribution in [3.63, 3.8) is 0 Å². The summed E-state index contributed by atoms with van der Waals surface area (Å²) in [7, 11) is 0. The molecule has 0 unspecified atom stereocenters. The Hall–Kier alpha value is -4.71. The summed E-state index contributed by atoms with van der Waals surface area (Å²) in [5.74, 6) is 0. The summed E-state index contributed by atoms with van der Waals surface area (Å²) in [4.78, 5) is 0. The SMILES string of the molecule is CC(C)(c1ccccc1)c1ccn(C(n2ccc(C(C)(C)c3ccccc3)n2)n2ccc(C(C)(C)c3ccccc3)n2)n1. The summed E-state index contributed by atoms with van der Waals surface area (Å²) in [6.07, 6.45) is 5.69. The van der Waals surface area contributed by atoms with Crippen LogP contribution in [0.15, 0.2) is 128 Å². The minimum Gasteiger partial charge on any atom is -0.227 e. The van der Waals surface area contributed by atoms with Crippen LogP contribution >= 0.6 is 0 Å². The molecule has 0 aliphatic heterocycles. The van der Waals surface area contributed by atoms with Gasteiger partial charge >= 0.3 is 0 Å². The third kappa shape index (κ3) is 5.22. The van der Waals surface area contributed by atoms with Crippen molar-refractivity contribution in [3.05, 3.63) is 162 Å². The monoisotopic (exact) mass is 568 g/mol. The summed E-state index contributed by atoms with van der Waals surface area (Å²) in [6.45, 7) is 13.3. The third-order valence-electron chi connectivity index (χ3n) is 8.94. The summed E-state index contributed by atoms with van der Waals surface area (Å²) in [5, 5.41) is 15.5. The molecular formula is C37H40N6. The van der Waals surface area contributed by atoms with E-state index in [0.717, 1.165) is 17.1 Å². The maximum Gasteiger partial charge on any atom is 0.238 e. The molecule has 3 heterocycles. The lowest BCUT2D eigenvalue weighted by atomic mass is 9.82. The second-order valence-corrected chi connectivity index (χ2v) is 12.9. The van der Waals surface area contributed by atoms with Gasteiger partial charge in [0.15, 0.2) is 0 Å². The van der Waals surface area contributed by atoms with E-state index in [1.165, 1.54) is 16.7 Å². The molecule has 0 aliphatic carbocycles. The van der Waals surface area contributed by atoms with E-state index in [9.17, 15) is 0 Å². The minimum absolute atomic E-state index is 0.272. The fourth-order valence-corrected chi connectivity index (χ4v) is 5.77. The maximum atomic E-state index is 5.17. The van der Waals surface area contributed by atoms with E-state index in [4.69, 9.17) is 15.3 Å². The molecule has 0 fully saturated rings.